The van der Waals surface area contributed by atoms with E-state index in [-0.39, 0.29) is 11.8 Å². The lowest BCUT2D eigenvalue weighted by Gasteiger charge is -2.36. The molecule has 0 aliphatic carbocycles. The average Bonchev–Trinajstić information content (AvgIpc) is 3.24. The number of carbonyl (C=O) groups is 1. The quantitative estimate of drug-likeness (QED) is 0.701. The molecule has 29 heavy (non-hydrogen) atoms. The largest absolute Gasteiger partial charge is 0.506 e. The molecule has 7 nitrogen and oxygen atoms in total. The first-order chi connectivity index (χ1) is 14.2. The average molecular weight is 391 g/mol. The smallest absolute Gasteiger partial charge is 0.317 e. The number of piperazine rings is 1. The van der Waals surface area contributed by atoms with Gasteiger partial charge in [0.25, 0.3) is 0 Å². The van der Waals surface area contributed by atoms with Gasteiger partial charge in [-0.25, -0.2) is 9.48 Å². The number of nitrogens with zero attached hydrogens (tertiary/aromatic N) is 4. The molecular formula is C22H25N5O2. The van der Waals surface area contributed by atoms with Gasteiger partial charge >= 0.3 is 6.03 Å². The molecule has 7 heteroatoms. The molecule has 1 aromatic heterocycles. The Morgan fingerprint density at radius 3 is 2.48 bits per heavy atom. The van der Waals surface area contributed by atoms with E-state index in [0.717, 1.165) is 23.4 Å². The molecule has 0 saturated carbocycles. The Bertz CT molecular complexity index is 949. The van der Waals surface area contributed by atoms with Crippen molar-refractivity contribution < 1.29 is 9.90 Å². The minimum atomic E-state index is -0.0441. The highest BCUT2D eigenvalue weighted by Crippen LogP contribution is 2.27. The monoisotopic (exact) mass is 391 g/mol. The van der Waals surface area contributed by atoms with Gasteiger partial charge in [-0.2, -0.15) is 5.10 Å². The highest BCUT2D eigenvalue weighted by molar-refractivity contribution is 5.74. The van der Waals surface area contributed by atoms with Crippen molar-refractivity contribution in [1.82, 2.24) is 20.0 Å². The Morgan fingerprint density at radius 1 is 1.00 bits per heavy atom. The number of nitrogens with one attached hydrogen (secondary N) is 1. The fourth-order valence-corrected chi connectivity index (χ4v) is 3.52. The summed E-state index contributed by atoms with van der Waals surface area (Å²) in [5.74, 6) is 0.279. The van der Waals surface area contributed by atoms with E-state index in [1.807, 2.05) is 70.5 Å². The Hall–Kier alpha value is -3.48. The van der Waals surface area contributed by atoms with Crippen LogP contribution in [0.15, 0.2) is 67.0 Å². The molecule has 1 saturated heterocycles. The van der Waals surface area contributed by atoms with Crippen LogP contribution in [-0.4, -0.2) is 58.5 Å². The van der Waals surface area contributed by atoms with E-state index in [9.17, 15) is 9.90 Å². The zero-order valence-electron chi connectivity index (χ0n) is 16.2. The van der Waals surface area contributed by atoms with Gasteiger partial charge in [0.1, 0.15) is 5.75 Å². The summed E-state index contributed by atoms with van der Waals surface area (Å²) >= 11 is 0. The molecule has 1 aliphatic heterocycles. The number of para-hydroxylation sites is 3. The summed E-state index contributed by atoms with van der Waals surface area (Å²) < 4.78 is 1.84. The lowest BCUT2D eigenvalue weighted by atomic mass is 10.2. The summed E-state index contributed by atoms with van der Waals surface area (Å²) in [4.78, 5) is 16.4. The second-order valence-electron chi connectivity index (χ2n) is 7.07. The molecule has 0 unspecified atom stereocenters. The number of amides is 2. The van der Waals surface area contributed by atoms with E-state index in [1.165, 1.54) is 0 Å². The van der Waals surface area contributed by atoms with Crippen molar-refractivity contribution >= 4 is 11.7 Å². The number of phenolic OH excluding ortho intramolecular Hbond substituents is 1. The maximum atomic E-state index is 12.5. The van der Waals surface area contributed by atoms with Crippen molar-refractivity contribution in [3.05, 3.63) is 72.6 Å². The number of urea groups is 1. The van der Waals surface area contributed by atoms with Crippen LogP contribution in [0.5, 0.6) is 5.75 Å². The topological polar surface area (TPSA) is 73.6 Å². The predicted octanol–water partition coefficient (Wildman–Crippen LogP) is 2.65. The molecule has 0 atom stereocenters. The van der Waals surface area contributed by atoms with Gasteiger partial charge in [0.15, 0.2) is 0 Å². The molecule has 2 aromatic carbocycles. The summed E-state index contributed by atoms with van der Waals surface area (Å²) in [7, 11) is 0. The molecule has 2 N–H and O–H groups in total. The molecular weight excluding hydrogens is 366 g/mol. The third-order valence-corrected chi connectivity index (χ3v) is 5.14. The zero-order chi connectivity index (χ0) is 20.1. The minimum absolute atomic E-state index is 0.0441. The summed E-state index contributed by atoms with van der Waals surface area (Å²) in [6.45, 7) is 3.24. The standard InChI is InChI=1S/C22H25N5O2/c28-21-9-5-4-8-20(21)25-12-14-26(15-13-25)22(29)23-11-10-18-16-24-27(17-18)19-6-2-1-3-7-19/h1-9,16-17,28H,10-15H2,(H,23,29). The van der Waals surface area contributed by atoms with Crippen LogP contribution in [0.3, 0.4) is 0 Å². The predicted molar refractivity (Wildman–Crippen MR) is 113 cm³/mol. The number of anilines is 1. The number of aromatic hydroxyl groups is 1. The number of hydrogen-bond donors (Lipinski definition) is 2. The molecule has 150 valence electrons. The van der Waals surface area contributed by atoms with Crippen molar-refractivity contribution in [1.29, 1.82) is 0 Å². The van der Waals surface area contributed by atoms with Gasteiger partial charge in [-0.1, -0.05) is 30.3 Å². The summed E-state index contributed by atoms with van der Waals surface area (Å²) in [5, 5.41) is 17.4. The van der Waals surface area contributed by atoms with Crippen LogP contribution in [0.25, 0.3) is 5.69 Å². The van der Waals surface area contributed by atoms with Crippen molar-refractivity contribution in [2.45, 2.75) is 6.42 Å². The van der Waals surface area contributed by atoms with Crippen LogP contribution >= 0.6 is 0 Å². The van der Waals surface area contributed by atoms with Crippen LogP contribution in [0.2, 0.25) is 0 Å². The maximum Gasteiger partial charge on any atom is 0.317 e. The fourth-order valence-electron chi connectivity index (χ4n) is 3.52. The number of carbonyl (C=O) groups excluding carboxylic acids is 1. The molecule has 3 aromatic rings. The Balaban J connectivity index is 1.23. The zero-order valence-corrected chi connectivity index (χ0v) is 16.2. The van der Waals surface area contributed by atoms with Gasteiger partial charge in [-0.15, -0.1) is 0 Å². The van der Waals surface area contributed by atoms with Gasteiger partial charge in [-0.05, 0) is 36.2 Å². The first kappa shape index (κ1) is 18.9. The summed E-state index contributed by atoms with van der Waals surface area (Å²) in [5.41, 5.74) is 2.92. The molecule has 1 fully saturated rings. The van der Waals surface area contributed by atoms with Crippen LogP contribution < -0.4 is 10.2 Å². The third kappa shape index (κ3) is 4.51. The lowest BCUT2D eigenvalue weighted by Crippen LogP contribution is -2.52. The summed E-state index contributed by atoms with van der Waals surface area (Å²) in [6.07, 6.45) is 4.56. The molecule has 1 aliphatic rings. The SMILES string of the molecule is O=C(NCCc1cnn(-c2ccccc2)c1)N1CCN(c2ccccc2O)CC1. The molecule has 0 spiro atoms. The van der Waals surface area contributed by atoms with Crippen LogP contribution in [-0.2, 0) is 6.42 Å². The minimum Gasteiger partial charge on any atom is -0.506 e. The van der Waals surface area contributed by atoms with Gasteiger partial charge in [-0.3, -0.25) is 0 Å². The first-order valence-electron chi connectivity index (χ1n) is 9.85. The third-order valence-electron chi connectivity index (χ3n) is 5.14. The van der Waals surface area contributed by atoms with Crippen molar-refractivity contribution in [2.75, 3.05) is 37.6 Å². The first-order valence-corrected chi connectivity index (χ1v) is 9.85. The van der Waals surface area contributed by atoms with Crippen LogP contribution in [0.4, 0.5) is 10.5 Å². The van der Waals surface area contributed by atoms with Gasteiger partial charge in [0.05, 0.1) is 17.6 Å². The number of hydrogen-bond acceptors (Lipinski definition) is 4. The lowest BCUT2D eigenvalue weighted by molar-refractivity contribution is 0.194. The maximum absolute atomic E-state index is 12.5. The molecule has 4 rings (SSSR count). The fraction of sp³-hybridized carbons (Fsp3) is 0.273. The van der Waals surface area contributed by atoms with Crippen molar-refractivity contribution in [3.63, 3.8) is 0 Å². The molecule has 2 heterocycles. The van der Waals surface area contributed by atoms with Crippen LogP contribution in [0.1, 0.15) is 5.56 Å². The van der Waals surface area contributed by atoms with E-state index in [2.05, 4.69) is 15.3 Å². The number of rotatable bonds is 5. The van der Waals surface area contributed by atoms with E-state index in [0.29, 0.717) is 32.7 Å². The van der Waals surface area contributed by atoms with Gasteiger partial charge in [0, 0.05) is 38.9 Å². The van der Waals surface area contributed by atoms with E-state index >= 15 is 0 Å². The number of benzene rings is 2. The Morgan fingerprint density at radius 2 is 1.72 bits per heavy atom. The van der Waals surface area contributed by atoms with Gasteiger partial charge < -0.3 is 20.2 Å². The molecule has 2 amide bonds. The van der Waals surface area contributed by atoms with Crippen LogP contribution in [0, 0.1) is 0 Å². The number of phenols is 1. The molecule has 0 bridgehead atoms. The highest BCUT2D eigenvalue weighted by Gasteiger charge is 2.22. The molecule has 0 radical (unpaired) electrons. The normalized spacial score (nSPS) is 14.1. The van der Waals surface area contributed by atoms with E-state index < -0.39 is 0 Å². The second kappa shape index (κ2) is 8.68. The summed E-state index contributed by atoms with van der Waals surface area (Å²) in [6, 6.07) is 17.2. The van der Waals surface area contributed by atoms with E-state index in [4.69, 9.17) is 0 Å². The highest BCUT2D eigenvalue weighted by atomic mass is 16.3. The number of aromatic nitrogens is 2. The van der Waals surface area contributed by atoms with E-state index in [1.54, 1.807) is 6.07 Å². The van der Waals surface area contributed by atoms with Crippen molar-refractivity contribution in [3.8, 4) is 11.4 Å². The Kier molecular flexibility index (Phi) is 5.65. The Labute approximate surface area is 170 Å². The van der Waals surface area contributed by atoms with Gasteiger partial charge in [0.2, 0.25) is 0 Å². The second-order valence-corrected chi connectivity index (χ2v) is 7.07. The van der Waals surface area contributed by atoms with Crippen molar-refractivity contribution in [2.24, 2.45) is 0 Å².